The first-order valence-corrected chi connectivity index (χ1v) is 7.19. The fraction of sp³-hybridized carbons (Fsp3) is 0.786. The van der Waals surface area contributed by atoms with Crippen LogP contribution < -0.4 is 10.6 Å². The van der Waals surface area contributed by atoms with Crippen molar-refractivity contribution in [2.24, 2.45) is 0 Å². The Balaban J connectivity index is 2.69. The summed E-state index contributed by atoms with van der Waals surface area (Å²) >= 11 is 0. The van der Waals surface area contributed by atoms with Gasteiger partial charge in [0.1, 0.15) is 17.7 Å². The smallest absolute Gasteiger partial charge is 0.408 e. The van der Waals surface area contributed by atoms with Gasteiger partial charge in [0.2, 0.25) is 5.91 Å². The van der Waals surface area contributed by atoms with Crippen LogP contribution in [-0.4, -0.2) is 56.0 Å². The summed E-state index contributed by atoms with van der Waals surface area (Å²) in [6.45, 7) is 6.06. The normalized spacial score (nSPS) is 20.4. The maximum absolute atomic E-state index is 11.8. The number of methoxy groups -OCH3 is 1. The Bertz CT molecular complexity index is 418. The summed E-state index contributed by atoms with van der Waals surface area (Å²) in [5, 5.41) is 5.11. The zero-order valence-electron chi connectivity index (χ0n) is 13.4. The highest BCUT2D eigenvalue weighted by atomic mass is 16.6. The molecule has 1 saturated heterocycles. The molecule has 0 aliphatic carbocycles. The van der Waals surface area contributed by atoms with E-state index in [2.05, 4.69) is 15.4 Å². The number of amides is 2. The Kier molecular flexibility index (Phi) is 6.61. The fourth-order valence-corrected chi connectivity index (χ4v) is 1.89. The lowest BCUT2D eigenvalue weighted by atomic mass is 10.1. The van der Waals surface area contributed by atoms with E-state index in [-0.39, 0.29) is 12.3 Å². The third-order valence-electron chi connectivity index (χ3n) is 2.86. The molecule has 1 rings (SSSR count). The molecular formula is C14H24N2O6. The molecule has 0 aromatic carbocycles. The van der Waals surface area contributed by atoms with Crippen LogP contribution in [0.2, 0.25) is 0 Å². The predicted molar refractivity (Wildman–Crippen MR) is 77.2 cm³/mol. The molecule has 22 heavy (non-hydrogen) atoms. The van der Waals surface area contributed by atoms with Gasteiger partial charge in [0.05, 0.1) is 7.11 Å². The van der Waals surface area contributed by atoms with E-state index < -0.39 is 29.8 Å². The maximum atomic E-state index is 11.8. The maximum Gasteiger partial charge on any atom is 0.408 e. The molecule has 8 nitrogen and oxygen atoms in total. The van der Waals surface area contributed by atoms with Crippen LogP contribution >= 0.6 is 0 Å². The average molecular weight is 316 g/mol. The zero-order chi connectivity index (χ0) is 16.8. The van der Waals surface area contributed by atoms with E-state index >= 15 is 0 Å². The molecule has 0 aromatic rings. The van der Waals surface area contributed by atoms with E-state index in [0.717, 1.165) is 0 Å². The fourth-order valence-electron chi connectivity index (χ4n) is 1.89. The van der Waals surface area contributed by atoms with Crippen molar-refractivity contribution in [1.82, 2.24) is 10.6 Å². The number of ether oxygens (including phenoxy) is 3. The number of esters is 1. The molecule has 1 fully saturated rings. The number of hydrogen-bond acceptors (Lipinski definition) is 6. The molecule has 1 aliphatic heterocycles. The molecule has 0 saturated carbocycles. The van der Waals surface area contributed by atoms with E-state index in [1.807, 2.05) is 0 Å². The highest BCUT2D eigenvalue weighted by molar-refractivity contribution is 5.85. The summed E-state index contributed by atoms with van der Waals surface area (Å²) in [5.74, 6) is -0.969. The molecule has 8 heteroatoms. The SMILES string of the molecule is COC(=O)[C@H](C[C@@H]1OCCCNC1=O)NC(=O)OC(C)(C)C. The topological polar surface area (TPSA) is 103 Å². The number of alkyl carbamates (subject to hydrolysis) is 1. The van der Waals surface area contributed by atoms with Gasteiger partial charge in [-0.1, -0.05) is 0 Å². The van der Waals surface area contributed by atoms with Crippen molar-refractivity contribution < 1.29 is 28.6 Å². The van der Waals surface area contributed by atoms with E-state index in [4.69, 9.17) is 9.47 Å². The van der Waals surface area contributed by atoms with Crippen LogP contribution in [0.1, 0.15) is 33.6 Å². The molecule has 2 amide bonds. The molecule has 0 bridgehead atoms. The minimum atomic E-state index is -1.02. The Morgan fingerprint density at radius 3 is 2.73 bits per heavy atom. The van der Waals surface area contributed by atoms with Crippen molar-refractivity contribution in [2.75, 3.05) is 20.3 Å². The highest BCUT2D eigenvalue weighted by Gasteiger charge is 2.32. The van der Waals surface area contributed by atoms with Gasteiger partial charge in [-0.25, -0.2) is 9.59 Å². The monoisotopic (exact) mass is 316 g/mol. The van der Waals surface area contributed by atoms with E-state index in [9.17, 15) is 14.4 Å². The largest absolute Gasteiger partial charge is 0.467 e. The van der Waals surface area contributed by atoms with Crippen molar-refractivity contribution in [3.05, 3.63) is 0 Å². The quantitative estimate of drug-likeness (QED) is 0.725. The first kappa shape index (κ1) is 18.2. The van der Waals surface area contributed by atoms with E-state index in [1.54, 1.807) is 20.8 Å². The molecule has 0 unspecified atom stereocenters. The molecule has 0 spiro atoms. The first-order chi connectivity index (χ1) is 10.2. The van der Waals surface area contributed by atoms with Crippen LogP contribution in [0, 0.1) is 0 Å². The van der Waals surface area contributed by atoms with Gasteiger partial charge in [-0.05, 0) is 27.2 Å². The third kappa shape index (κ3) is 6.30. The van der Waals surface area contributed by atoms with Crippen molar-refractivity contribution in [1.29, 1.82) is 0 Å². The number of nitrogens with one attached hydrogen (secondary N) is 2. The summed E-state index contributed by atoms with van der Waals surface area (Å²) in [4.78, 5) is 35.4. The minimum absolute atomic E-state index is 0.0161. The van der Waals surface area contributed by atoms with Gasteiger partial charge >= 0.3 is 12.1 Å². The predicted octanol–water partition coefficient (Wildman–Crippen LogP) is 0.348. The second-order valence-electron chi connectivity index (χ2n) is 5.96. The lowest BCUT2D eigenvalue weighted by Crippen LogP contribution is -2.48. The molecule has 0 radical (unpaired) electrons. The molecular weight excluding hydrogens is 292 g/mol. The zero-order valence-corrected chi connectivity index (χ0v) is 13.4. The Hall–Kier alpha value is -1.83. The number of carbonyl (C=O) groups excluding carboxylic acids is 3. The van der Waals surface area contributed by atoms with Crippen molar-refractivity contribution in [2.45, 2.75) is 51.4 Å². The summed E-state index contributed by atoms with van der Waals surface area (Å²) in [6.07, 6.45) is -0.888. The van der Waals surface area contributed by atoms with E-state index in [1.165, 1.54) is 7.11 Å². The van der Waals surface area contributed by atoms with Crippen molar-refractivity contribution in [3.63, 3.8) is 0 Å². The summed E-state index contributed by atoms with van der Waals surface area (Å²) in [5.41, 5.74) is -0.694. The van der Waals surface area contributed by atoms with Gasteiger partial charge in [0.15, 0.2) is 0 Å². The minimum Gasteiger partial charge on any atom is -0.467 e. The molecule has 2 N–H and O–H groups in total. The van der Waals surface area contributed by atoms with E-state index in [0.29, 0.717) is 19.6 Å². The second-order valence-corrected chi connectivity index (χ2v) is 5.96. The van der Waals surface area contributed by atoms with Crippen LogP contribution in [-0.2, 0) is 23.8 Å². The summed E-state index contributed by atoms with van der Waals surface area (Å²) in [6, 6.07) is -1.02. The van der Waals surface area contributed by atoms with Crippen molar-refractivity contribution in [3.8, 4) is 0 Å². The van der Waals surface area contributed by atoms with Crippen LogP contribution in [0.15, 0.2) is 0 Å². The molecule has 126 valence electrons. The Morgan fingerprint density at radius 1 is 1.45 bits per heavy atom. The summed E-state index contributed by atoms with van der Waals surface area (Å²) in [7, 11) is 1.21. The molecule has 1 heterocycles. The number of hydrogen-bond donors (Lipinski definition) is 2. The number of carbonyl (C=O) groups is 3. The van der Waals surface area contributed by atoms with Gasteiger partial charge in [0, 0.05) is 19.6 Å². The van der Waals surface area contributed by atoms with Gasteiger partial charge < -0.3 is 24.8 Å². The second kappa shape index (κ2) is 7.98. The standard InChI is InChI=1S/C14H24N2O6/c1-14(2,3)22-13(19)16-9(12(18)20-4)8-10-11(17)15-6-5-7-21-10/h9-10H,5-8H2,1-4H3,(H,15,17)(H,16,19)/t9-,10-/m0/s1. The lowest BCUT2D eigenvalue weighted by molar-refractivity contribution is -0.145. The van der Waals surface area contributed by atoms with Crippen LogP contribution in [0.4, 0.5) is 4.79 Å². The molecule has 0 aromatic heterocycles. The number of rotatable bonds is 4. The van der Waals surface area contributed by atoms with Crippen LogP contribution in [0.5, 0.6) is 0 Å². The van der Waals surface area contributed by atoms with Gasteiger partial charge in [-0.2, -0.15) is 0 Å². The van der Waals surface area contributed by atoms with Crippen LogP contribution in [0.25, 0.3) is 0 Å². The van der Waals surface area contributed by atoms with Gasteiger partial charge in [0.25, 0.3) is 0 Å². The molecule has 1 aliphatic rings. The lowest BCUT2D eigenvalue weighted by Gasteiger charge is -2.24. The molecule has 2 atom stereocenters. The van der Waals surface area contributed by atoms with Gasteiger partial charge in [-0.15, -0.1) is 0 Å². The Morgan fingerprint density at radius 2 is 2.14 bits per heavy atom. The average Bonchev–Trinajstić information content (AvgIpc) is 2.60. The third-order valence-corrected chi connectivity index (χ3v) is 2.86. The van der Waals surface area contributed by atoms with Crippen LogP contribution in [0.3, 0.4) is 0 Å². The Labute approximate surface area is 129 Å². The highest BCUT2D eigenvalue weighted by Crippen LogP contribution is 2.11. The first-order valence-electron chi connectivity index (χ1n) is 7.19. The summed E-state index contributed by atoms with van der Waals surface area (Å²) < 4.78 is 15.2. The van der Waals surface area contributed by atoms with Crippen molar-refractivity contribution >= 4 is 18.0 Å². The van der Waals surface area contributed by atoms with Gasteiger partial charge in [-0.3, -0.25) is 4.79 Å².